The molecular weight excluding hydrogens is 302 g/mol. The fourth-order valence-corrected chi connectivity index (χ4v) is 0.977. The van der Waals surface area contributed by atoms with Gasteiger partial charge in [0.1, 0.15) is 12.7 Å². The van der Waals surface area contributed by atoms with Crippen LogP contribution in [0.1, 0.15) is 0 Å². The molecule has 0 bridgehead atoms. The number of hydrogen-bond acceptors (Lipinski definition) is 6. The van der Waals surface area contributed by atoms with Gasteiger partial charge in [-0.15, -0.1) is 0 Å². The highest BCUT2D eigenvalue weighted by molar-refractivity contribution is 7.83. The Labute approximate surface area is 124 Å². The second-order valence-electron chi connectivity index (χ2n) is 4.06. The van der Waals surface area contributed by atoms with Gasteiger partial charge in [0.25, 0.3) is 0 Å². The summed E-state index contributed by atoms with van der Waals surface area (Å²) in [5.74, 6) is 1.17. The highest BCUT2D eigenvalue weighted by Crippen LogP contribution is 2.25. The van der Waals surface area contributed by atoms with E-state index in [1.54, 1.807) is 19.2 Å². The minimum absolute atomic E-state index is 0.0525. The van der Waals surface area contributed by atoms with Gasteiger partial charge < -0.3 is 19.7 Å². The predicted molar refractivity (Wildman–Crippen MR) is 76.8 cm³/mol. The number of hydrogen-bond donors (Lipinski definition) is 3. The average Bonchev–Trinajstić information content (AvgIpc) is 2.44. The summed E-state index contributed by atoms with van der Waals surface area (Å²) in [7, 11) is 0.130. The first-order chi connectivity index (χ1) is 9.72. The Morgan fingerprint density at radius 3 is 2.10 bits per heavy atom. The van der Waals surface area contributed by atoms with Crippen LogP contribution in [0.4, 0.5) is 0 Å². The van der Waals surface area contributed by atoms with Crippen molar-refractivity contribution in [3.05, 3.63) is 24.3 Å². The van der Waals surface area contributed by atoms with Gasteiger partial charge in [0.05, 0.1) is 13.7 Å². The number of para-hydroxylation sites is 2. The van der Waals surface area contributed by atoms with E-state index in [4.69, 9.17) is 24.2 Å². The van der Waals surface area contributed by atoms with Crippen LogP contribution in [0.5, 0.6) is 11.5 Å². The molecule has 0 aliphatic rings. The highest BCUT2D eigenvalue weighted by atomic mass is 32.2. The van der Waals surface area contributed by atoms with E-state index in [1.807, 2.05) is 12.1 Å². The molecule has 21 heavy (non-hydrogen) atoms. The van der Waals surface area contributed by atoms with Gasteiger partial charge in [0, 0.05) is 14.1 Å². The first-order valence-electron chi connectivity index (χ1n) is 5.92. The molecule has 1 rings (SSSR count). The summed E-state index contributed by atoms with van der Waals surface area (Å²) < 4.78 is 38.6. The fraction of sp³-hybridized carbons (Fsp3) is 0.500. The second-order valence-corrected chi connectivity index (χ2v) is 5.68. The van der Waals surface area contributed by atoms with Crippen molar-refractivity contribution in [1.29, 1.82) is 0 Å². The Hall–Kier alpha value is -1.39. The van der Waals surface area contributed by atoms with Gasteiger partial charge in [-0.1, -0.05) is 12.1 Å². The van der Waals surface area contributed by atoms with E-state index in [0.717, 1.165) is 0 Å². The number of nitrogens with zero attached hydrogens (tertiary/aromatic N) is 1. The van der Waals surface area contributed by atoms with Crippen LogP contribution in [0.2, 0.25) is 0 Å². The maximum atomic E-state index is 9.81. The number of rotatable bonds is 6. The van der Waals surface area contributed by atoms with Gasteiger partial charge in [-0.25, -0.2) is 0 Å². The third-order valence-corrected chi connectivity index (χ3v) is 3.10. The first kappa shape index (κ1) is 19.6. The summed E-state index contributed by atoms with van der Waals surface area (Å²) in [6.45, 7) is -0.258. The molecule has 3 N–H and O–H groups in total. The Morgan fingerprint density at radius 1 is 1.24 bits per heavy atom. The standard InChI is InChI=1S/C10H14O4.C2H7NO3S/c1-13-9-4-2-3-5-10(9)14-7-8(12)6-11;1-3(2)7(4,5)6/h2-5,8,11-12H,6-7H2,1H3;1-2H3,(H,4,5,6). The Morgan fingerprint density at radius 2 is 1.71 bits per heavy atom. The van der Waals surface area contributed by atoms with Crippen LogP contribution in [0.3, 0.4) is 0 Å². The number of ether oxygens (including phenoxy) is 2. The zero-order chi connectivity index (χ0) is 16.5. The maximum absolute atomic E-state index is 9.81. The van der Waals surface area contributed by atoms with Crippen molar-refractivity contribution in [2.24, 2.45) is 0 Å². The molecular formula is C12H21NO7S. The van der Waals surface area contributed by atoms with Crippen molar-refractivity contribution >= 4 is 10.3 Å². The molecule has 0 fully saturated rings. The molecule has 122 valence electrons. The largest absolute Gasteiger partial charge is 0.493 e. The Balaban J connectivity index is 0.000000486. The molecule has 1 unspecified atom stereocenters. The van der Waals surface area contributed by atoms with Crippen molar-refractivity contribution in [2.75, 3.05) is 34.4 Å². The molecule has 1 atom stereocenters. The lowest BCUT2D eigenvalue weighted by molar-refractivity contribution is 0.0527. The number of methoxy groups -OCH3 is 1. The maximum Gasteiger partial charge on any atom is 0.335 e. The quantitative estimate of drug-likeness (QED) is 0.620. The van der Waals surface area contributed by atoms with E-state index >= 15 is 0 Å². The summed E-state index contributed by atoms with van der Waals surface area (Å²) in [5, 5.41) is 17.6. The van der Waals surface area contributed by atoms with Crippen LogP contribution in [0, 0.1) is 0 Å². The number of aliphatic hydroxyl groups is 2. The average molecular weight is 323 g/mol. The molecule has 1 aromatic carbocycles. The minimum Gasteiger partial charge on any atom is -0.493 e. The van der Waals surface area contributed by atoms with Crippen LogP contribution >= 0.6 is 0 Å². The van der Waals surface area contributed by atoms with Crippen molar-refractivity contribution in [3.8, 4) is 11.5 Å². The van der Waals surface area contributed by atoms with Crippen molar-refractivity contribution in [3.63, 3.8) is 0 Å². The molecule has 8 nitrogen and oxygen atoms in total. The van der Waals surface area contributed by atoms with Crippen LogP contribution in [0.15, 0.2) is 24.3 Å². The SMILES string of the molecule is CN(C)S(=O)(=O)O.COc1ccccc1OCC(O)CO. The van der Waals surface area contributed by atoms with Crippen molar-refractivity contribution in [2.45, 2.75) is 6.10 Å². The molecule has 9 heteroatoms. The van der Waals surface area contributed by atoms with Gasteiger partial charge >= 0.3 is 10.3 Å². The van der Waals surface area contributed by atoms with Gasteiger partial charge in [0.15, 0.2) is 11.5 Å². The lowest BCUT2D eigenvalue weighted by Crippen LogP contribution is -2.21. The monoisotopic (exact) mass is 323 g/mol. The first-order valence-corrected chi connectivity index (χ1v) is 7.31. The second kappa shape index (κ2) is 9.53. The van der Waals surface area contributed by atoms with Crippen LogP contribution in [-0.4, -0.2) is 68.0 Å². The van der Waals surface area contributed by atoms with E-state index in [2.05, 4.69) is 0 Å². The molecule has 1 aromatic rings. The highest BCUT2D eigenvalue weighted by Gasteiger charge is 2.06. The van der Waals surface area contributed by atoms with Crippen molar-refractivity contribution in [1.82, 2.24) is 4.31 Å². The molecule has 0 spiro atoms. The van der Waals surface area contributed by atoms with Gasteiger partial charge in [0.2, 0.25) is 0 Å². The third-order valence-electron chi connectivity index (χ3n) is 2.17. The van der Waals surface area contributed by atoms with Gasteiger partial charge in [-0.3, -0.25) is 4.55 Å². The van der Waals surface area contributed by atoms with Gasteiger partial charge in [-0.2, -0.15) is 12.7 Å². The van der Waals surface area contributed by atoms with Crippen LogP contribution in [0.25, 0.3) is 0 Å². The Bertz CT molecular complexity index is 504. The normalized spacial score (nSPS) is 12.3. The summed E-state index contributed by atoms with van der Waals surface area (Å²) in [6.07, 6.45) is -0.861. The zero-order valence-corrected chi connectivity index (χ0v) is 12.9. The Kier molecular flexibility index (Phi) is 8.90. The van der Waals surface area contributed by atoms with Crippen LogP contribution in [-0.2, 0) is 10.3 Å². The van der Waals surface area contributed by atoms with E-state index in [9.17, 15) is 8.42 Å². The van der Waals surface area contributed by atoms with E-state index in [1.165, 1.54) is 14.1 Å². The topological polar surface area (TPSA) is 117 Å². The molecule has 0 heterocycles. The molecule has 0 radical (unpaired) electrons. The smallest absolute Gasteiger partial charge is 0.335 e. The molecule has 0 aliphatic heterocycles. The fourth-order valence-electron chi connectivity index (χ4n) is 0.977. The van der Waals surface area contributed by atoms with Crippen molar-refractivity contribution < 1.29 is 32.7 Å². The molecule has 0 amide bonds. The molecule has 0 saturated carbocycles. The molecule has 0 aliphatic carbocycles. The lowest BCUT2D eigenvalue weighted by Gasteiger charge is -2.12. The summed E-state index contributed by atoms with van der Waals surface area (Å²) in [5.41, 5.74) is 0. The van der Waals surface area contributed by atoms with E-state index in [-0.39, 0.29) is 13.2 Å². The van der Waals surface area contributed by atoms with E-state index < -0.39 is 16.4 Å². The number of aliphatic hydroxyl groups excluding tert-OH is 2. The van der Waals surface area contributed by atoms with E-state index in [0.29, 0.717) is 15.8 Å². The summed E-state index contributed by atoms with van der Waals surface area (Å²) in [4.78, 5) is 0. The summed E-state index contributed by atoms with van der Waals surface area (Å²) >= 11 is 0. The number of benzene rings is 1. The van der Waals surface area contributed by atoms with Gasteiger partial charge in [-0.05, 0) is 12.1 Å². The zero-order valence-electron chi connectivity index (χ0n) is 12.1. The minimum atomic E-state index is -3.91. The third kappa shape index (κ3) is 8.48. The molecule has 0 aromatic heterocycles. The summed E-state index contributed by atoms with van der Waals surface area (Å²) in [6, 6.07) is 7.14. The molecule has 0 saturated heterocycles. The lowest BCUT2D eigenvalue weighted by atomic mass is 10.3. The van der Waals surface area contributed by atoms with Crippen LogP contribution < -0.4 is 9.47 Å². The predicted octanol–water partition coefficient (Wildman–Crippen LogP) is -0.222.